The zero-order chi connectivity index (χ0) is 15.4. The molecule has 0 aliphatic rings. The van der Waals surface area contributed by atoms with Crippen molar-refractivity contribution in [3.63, 3.8) is 0 Å². The van der Waals surface area contributed by atoms with Crippen LogP contribution in [0.3, 0.4) is 0 Å². The summed E-state index contributed by atoms with van der Waals surface area (Å²) < 4.78 is 0.966. The van der Waals surface area contributed by atoms with E-state index in [-0.39, 0.29) is 18.3 Å². The maximum absolute atomic E-state index is 11.7. The number of nitro groups is 2. The maximum atomic E-state index is 11.7. The van der Waals surface area contributed by atoms with Crippen LogP contribution in [0.25, 0.3) is 0 Å². The highest BCUT2D eigenvalue weighted by molar-refractivity contribution is 5.76. The van der Waals surface area contributed by atoms with Gasteiger partial charge in [-0.1, -0.05) is 6.92 Å². The second-order valence-electron chi connectivity index (χ2n) is 4.31. The first-order valence-corrected chi connectivity index (χ1v) is 5.93. The largest absolute Gasteiger partial charge is 0.468 e. The Hall–Kier alpha value is -2.52. The molecule has 10 heteroatoms. The smallest absolute Gasteiger partial charge is 0.358 e. The van der Waals surface area contributed by atoms with Gasteiger partial charge in [-0.3, -0.25) is 14.9 Å². The first-order chi connectivity index (χ1) is 9.27. The molecule has 20 heavy (non-hydrogen) atoms. The van der Waals surface area contributed by atoms with Gasteiger partial charge in [-0.15, -0.1) is 0 Å². The van der Waals surface area contributed by atoms with Crippen molar-refractivity contribution in [3.8, 4) is 0 Å². The number of amides is 1. The minimum Gasteiger partial charge on any atom is -0.358 e. The van der Waals surface area contributed by atoms with Crippen molar-refractivity contribution in [3.05, 3.63) is 25.9 Å². The van der Waals surface area contributed by atoms with Crippen molar-refractivity contribution in [1.29, 1.82) is 0 Å². The van der Waals surface area contributed by atoms with E-state index in [2.05, 4.69) is 10.4 Å². The summed E-state index contributed by atoms with van der Waals surface area (Å²) in [6.45, 7) is 4.71. The van der Waals surface area contributed by atoms with E-state index >= 15 is 0 Å². The first kappa shape index (κ1) is 15.5. The molecule has 0 saturated heterocycles. The Morgan fingerprint density at radius 1 is 1.40 bits per heavy atom. The van der Waals surface area contributed by atoms with E-state index in [1.165, 1.54) is 6.92 Å². The summed E-state index contributed by atoms with van der Waals surface area (Å²) in [6, 6.07) is -0.0525. The van der Waals surface area contributed by atoms with Gasteiger partial charge in [-0.25, -0.2) is 0 Å². The predicted octanol–water partition coefficient (Wildman–Crippen LogP) is 0.923. The lowest BCUT2D eigenvalue weighted by Crippen LogP contribution is -2.35. The van der Waals surface area contributed by atoms with Crippen molar-refractivity contribution >= 4 is 17.4 Å². The molecule has 1 heterocycles. The zero-order valence-corrected chi connectivity index (χ0v) is 11.3. The molecular formula is C10H15N5O5. The lowest BCUT2D eigenvalue weighted by molar-refractivity contribution is -0.424. The van der Waals surface area contributed by atoms with Gasteiger partial charge in [0.2, 0.25) is 5.91 Å². The number of hydrogen-bond donors (Lipinski definition) is 1. The number of hydrogen-bond acceptors (Lipinski definition) is 6. The molecule has 110 valence electrons. The van der Waals surface area contributed by atoms with Crippen LogP contribution in [0.2, 0.25) is 0 Å². The van der Waals surface area contributed by atoms with Crippen molar-refractivity contribution in [2.45, 2.75) is 39.8 Å². The van der Waals surface area contributed by atoms with E-state index in [4.69, 9.17) is 0 Å². The van der Waals surface area contributed by atoms with Crippen LogP contribution in [0.15, 0.2) is 0 Å². The van der Waals surface area contributed by atoms with Gasteiger partial charge in [0.25, 0.3) is 0 Å². The third-order valence-electron chi connectivity index (χ3n) is 2.83. The van der Waals surface area contributed by atoms with Crippen molar-refractivity contribution < 1.29 is 14.6 Å². The fourth-order valence-corrected chi connectivity index (χ4v) is 1.57. The summed E-state index contributed by atoms with van der Waals surface area (Å²) in [7, 11) is 0. The minimum absolute atomic E-state index is 0.0269. The second kappa shape index (κ2) is 6.08. The van der Waals surface area contributed by atoms with Gasteiger partial charge in [0.15, 0.2) is 0 Å². The quantitative estimate of drug-likeness (QED) is 0.610. The zero-order valence-electron chi connectivity index (χ0n) is 11.3. The highest BCUT2D eigenvalue weighted by atomic mass is 16.6. The van der Waals surface area contributed by atoms with E-state index in [0.717, 1.165) is 11.1 Å². The van der Waals surface area contributed by atoms with Gasteiger partial charge < -0.3 is 15.4 Å². The third kappa shape index (κ3) is 3.28. The van der Waals surface area contributed by atoms with E-state index in [0.29, 0.717) is 0 Å². The van der Waals surface area contributed by atoms with E-state index in [1.54, 1.807) is 6.92 Å². The standard InChI is InChI=1S/C10H15N5O5/c1-4-6(2)11-8(16)5-13-7(3)9(14(17)18)10(12-13)15(19)20/h6H,4-5H2,1-3H3,(H,11,16). The Bertz CT molecular complexity index is 552. The fourth-order valence-electron chi connectivity index (χ4n) is 1.57. The molecule has 0 saturated carbocycles. The first-order valence-electron chi connectivity index (χ1n) is 5.93. The number of carbonyl (C=O) groups excluding carboxylic acids is 1. The van der Waals surface area contributed by atoms with Gasteiger partial charge in [-0.2, -0.15) is 4.68 Å². The third-order valence-corrected chi connectivity index (χ3v) is 2.83. The molecule has 1 N–H and O–H groups in total. The predicted molar refractivity (Wildman–Crippen MR) is 68.2 cm³/mol. The van der Waals surface area contributed by atoms with Gasteiger partial charge in [0, 0.05) is 6.04 Å². The van der Waals surface area contributed by atoms with Crippen LogP contribution in [-0.2, 0) is 11.3 Å². The van der Waals surface area contributed by atoms with Gasteiger partial charge >= 0.3 is 11.5 Å². The lowest BCUT2D eigenvalue weighted by Gasteiger charge is -2.10. The van der Waals surface area contributed by atoms with Crippen molar-refractivity contribution in [2.24, 2.45) is 0 Å². The number of nitrogens with zero attached hydrogens (tertiary/aromatic N) is 4. The van der Waals surface area contributed by atoms with Gasteiger partial charge in [-0.05, 0) is 25.2 Å². The number of carbonyl (C=O) groups is 1. The van der Waals surface area contributed by atoms with E-state index in [1.807, 2.05) is 6.92 Å². The maximum Gasteiger partial charge on any atom is 0.468 e. The van der Waals surface area contributed by atoms with Crippen LogP contribution in [0.1, 0.15) is 26.0 Å². The highest BCUT2D eigenvalue weighted by Gasteiger charge is 2.35. The summed E-state index contributed by atoms with van der Waals surface area (Å²) >= 11 is 0. The normalized spacial score (nSPS) is 11.9. The highest BCUT2D eigenvalue weighted by Crippen LogP contribution is 2.28. The Kier molecular flexibility index (Phi) is 4.73. The minimum atomic E-state index is -0.936. The SMILES string of the molecule is CCC(C)NC(=O)Cn1nc([N+](=O)[O-])c([N+](=O)[O-])c1C. The molecule has 0 bridgehead atoms. The molecule has 1 aromatic rings. The molecule has 0 radical (unpaired) electrons. The molecule has 0 aliphatic heterocycles. The molecule has 0 aliphatic carbocycles. The summed E-state index contributed by atoms with van der Waals surface area (Å²) in [6.07, 6.45) is 0.726. The average Bonchev–Trinajstić information content (AvgIpc) is 2.66. The Morgan fingerprint density at radius 2 is 2.00 bits per heavy atom. The summed E-state index contributed by atoms with van der Waals surface area (Å²) in [5.41, 5.74) is -0.715. The van der Waals surface area contributed by atoms with Crippen LogP contribution < -0.4 is 5.32 Å². The average molecular weight is 285 g/mol. The van der Waals surface area contributed by atoms with Crippen LogP contribution >= 0.6 is 0 Å². The topological polar surface area (TPSA) is 133 Å². The number of rotatable bonds is 6. The summed E-state index contributed by atoms with van der Waals surface area (Å²) in [5.74, 6) is -1.27. The van der Waals surface area contributed by atoms with Crippen LogP contribution in [0.4, 0.5) is 11.5 Å². The molecule has 10 nitrogen and oxygen atoms in total. The molecule has 0 aromatic carbocycles. The fraction of sp³-hybridized carbons (Fsp3) is 0.600. The van der Waals surface area contributed by atoms with E-state index < -0.39 is 27.3 Å². The Balaban J connectivity index is 3.03. The lowest BCUT2D eigenvalue weighted by atomic mass is 10.2. The molecule has 1 rings (SSSR count). The van der Waals surface area contributed by atoms with Crippen LogP contribution in [0, 0.1) is 27.2 Å². The molecule has 1 aromatic heterocycles. The Labute approximate surface area is 114 Å². The van der Waals surface area contributed by atoms with Crippen molar-refractivity contribution in [1.82, 2.24) is 15.1 Å². The molecular weight excluding hydrogens is 270 g/mol. The van der Waals surface area contributed by atoms with Crippen LogP contribution in [-0.4, -0.2) is 31.6 Å². The molecule has 1 amide bonds. The monoisotopic (exact) mass is 285 g/mol. The van der Waals surface area contributed by atoms with Crippen molar-refractivity contribution in [2.75, 3.05) is 0 Å². The Morgan fingerprint density at radius 3 is 2.40 bits per heavy atom. The summed E-state index contributed by atoms with van der Waals surface area (Å²) in [5, 5.41) is 27.7. The molecule has 1 atom stereocenters. The van der Waals surface area contributed by atoms with Gasteiger partial charge in [0.05, 0.1) is 10.0 Å². The number of nitrogens with one attached hydrogen (secondary N) is 1. The van der Waals surface area contributed by atoms with Gasteiger partial charge in [0.1, 0.15) is 12.2 Å². The number of aromatic nitrogens is 2. The van der Waals surface area contributed by atoms with E-state index in [9.17, 15) is 25.0 Å². The molecule has 0 spiro atoms. The summed E-state index contributed by atoms with van der Waals surface area (Å²) in [4.78, 5) is 31.4. The molecule has 1 unspecified atom stereocenters. The van der Waals surface area contributed by atoms with Crippen LogP contribution in [0.5, 0.6) is 0 Å². The second-order valence-corrected chi connectivity index (χ2v) is 4.31. The molecule has 0 fully saturated rings.